The highest BCUT2D eigenvalue weighted by Gasteiger charge is 2.07. The quantitative estimate of drug-likeness (QED) is 0.741. The van der Waals surface area contributed by atoms with Crippen LogP contribution in [0.5, 0.6) is 0 Å². The number of aryl methyl sites for hydroxylation is 3. The zero-order valence-electron chi connectivity index (χ0n) is 8.83. The summed E-state index contributed by atoms with van der Waals surface area (Å²) in [6.07, 6.45) is 0. The Labute approximate surface area is 83.5 Å². The summed E-state index contributed by atoms with van der Waals surface area (Å²) in [6.45, 7) is 4.71. The van der Waals surface area contributed by atoms with Crippen molar-refractivity contribution in [2.75, 3.05) is 0 Å². The van der Waals surface area contributed by atoms with Gasteiger partial charge in [0.05, 0.1) is 11.2 Å². The van der Waals surface area contributed by atoms with E-state index in [1.54, 1.807) is 0 Å². The van der Waals surface area contributed by atoms with Gasteiger partial charge in [-0.15, -0.1) is 0 Å². The average Bonchev–Trinajstić information content (AvgIpc) is 2.41. The summed E-state index contributed by atoms with van der Waals surface area (Å²) in [5.74, 6) is 0. The molecular formula is C11H15N3. The molecule has 0 spiro atoms. The highest BCUT2D eigenvalue weighted by atomic mass is 15.3. The largest absolute Gasteiger partial charge is 0.326 e. The summed E-state index contributed by atoms with van der Waals surface area (Å²) in [6, 6.07) is 4.30. The third-order valence-electron chi connectivity index (χ3n) is 2.71. The Balaban J connectivity index is 2.82. The molecule has 1 heterocycles. The van der Waals surface area contributed by atoms with E-state index in [0.29, 0.717) is 6.54 Å². The number of fused-ring (bicyclic) bond motifs is 1. The Bertz CT molecular complexity index is 483. The van der Waals surface area contributed by atoms with Crippen LogP contribution in [0.15, 0.2) is 12.1 Å². The van der Waals surface area contributed by atoms with Gasteiger partial charge >= 0.3 is 0 Å². The van der Waals surface area contributed by atoms with Gasteiger partial charge in [-0.1, -0.05) is 0 Å². The Hall–Kier alpha value is -1.35. The molecule has 0 unspecified atom stereocenters. The van der Waals surface area contributed by atoms with E-state index in [4.69, 9.17) is 5.73 Å². The van der Waals surface area contributed by atoms with Crippen LogP contribution in [0.4, 0.5) is 0 Å². The number of hydrogen-bond donors (Lipinski definition) is 1. The smallest absolute Gasteiger partial charge is 0.0684 e. The van der Waals surface area contributed by atoms with Gasteiger partial charge < -0.3 is 5.73 Å². The van der Waals surface area contributed by atoms with Crippen LogP contribution in [-0.4, -0.2) is 9.78 Å². The maximum absolute atomic E-state index is 5.67. The Morgan fingerprint density at radius 3 is 2.71 bits per heavy atom. The van der Waals surface area contributed by atoms with Gasteiger partial charge in [-0.2, -0.15) is 5.10 Å². The first-order valence-electron chi connectivity index (χ1n) is 4.76. The lowest BCUT2D eigenvalue weighted by Gasteiger charge is -2.03. The minimum Gasteiger partial charge on any atom is -0.326 e. The highest BCUT2D eigenvalue weighted by Crippen LogP contribution is 2.21. The Morgan fingerprint density at radius 2 is 2.07 bits per heavy atom. The molecule has 0 radical (unpaired) electrons. The van der Waals surface area contributed by atoms with Gasteiger partial charge in [0.1, 0.15) is 0 Å². The molecule has 0 aliphatic heterocycles. The first-order chi connectivity index (χ1) is 6.63. The van der Waals surface area contributed by atoms with Crippen molar-refractivity contribution in [1.29, 1.82) is 0 Å². The summed E-state index contributed by atoms with van der Waals surface area (Å²) in [7, 11) is 1.97. The first-order valence-corrected chi connectivity index (χ1v) is 4.76. The van der Waals surface area contributed by atoms with Crippen LogP contribution in [0.1, 0.15) is 16.8 Å². The topological polar surface area (TPSA) is 43.8 Å². The summed E-state index contributed by atoms with van der Waals surface area (Å²) >= 11 is 0. The molecule has 0 aliphatic carbocycles. The second kappa shape index (κ2) is 3.10. The highest BCUT2D eigenvalue weighted by molar-refractivity contribution is 5.83. The van der Waals surface area contributed by atoms with E-state index in [1.807, 2.05) is 18.7 Å². The van der Waals surface area contributed by atoms with E-state index in [0.717, 1.165) is 5.69 Å². The molecule has 14 heavy (non-hydrogen) atoms. The van der Waals surface area contributed by atoms with Gasteiger partial charge in [-0.25, -0.2) is 0 Å². The molecule has 74 valence electrons. The minimum atomic E-state index is 0.593. The van der Waals surface area contributed by atoms with E-state index in [1.165, 1.54) is 22.0 Å². The Kier molecular flexibility index (Phi) is 2.04. The molecule has 3 heteroatoms. The standard InChI is InChI=1S/C11H15N3/c1-7-4-11-10(5-9(7)6-12)8(2)13-14(11)3/h4-5H,6,12H2,1-3H3. The lowest BCUT2D eigenvalue weighted by molar-refractivity contribution is 0.783. The molecular weight excluding hydrogens is 174 g/mol. The van der Waals surface area contributed by atoms with Crippen molar-refractivity contribution in [3.05, 3.63) is 29.0 Å². The SMILES string of the molecule is Cc1cc2c(cc1CN)c(C)nn2C. The van der Waals surface area contributed by atoms with Crippen molar-refractivity contribution in [1.82, 2.24) is 9.78 Å². The summed E-state index contributed by atoms with van der Waals surface area (Å²) in [4.78, 5) is 0. The molecule has 0 atom stereocenters. The number of aromatic nitrogens is 2. The van der Waals surface area contributed by atoms with Crippen LogP contribution >= 0.6 is 0 Å². The maximum atomic E-state index is 5.67. The van der Waals surface area contributed by atoms with Crippen LogP contribution < -0.4 is 5.73 Å². The minimum absolute atomic E-state index is 0.593. The van der Waals surface area contributed by atoms with Gasteiger partial charge in [0.15, 0.2) is 0 Å². The fourth-order valence-corrected chi connectivity index (χ4v) is 1.85. The molecule has 0 bridgehead atoms. The number of benzene rings is 1. The average molecular weight is 189 g/mol. The number of nitrogens with two attached hydrogens (primary N) is 1. The first kappa shape index (κ1) is 9.21. The van der Waals surface area contributed by atoms with E-state index in [-0.39, 0.29) is 0 Å². The fraction of sp³-hybridized carbons (Fsp3) is 0.364. The molecule has 0 amide bonds. The van der Waals surface area contributed by atoms with E-state index >= 15 is 0 Å². The molecule has 1 aromatic carbocycles. The summed E-state index contributed by atoms with van der Waals surface area (Å²) in [5, 5.41) is 5.59. The molecule has 2 rings (SSSR count). The van der Waals surface area contributed by atoms with Gasteiger partial charge in [0.25, 0.3) is 0 Å². The second-order valence-corrected chi connectivity index (χ2v) is 3.71. The van der Waals surface area contributed by atoms with Crippen LogP contribution in [0.25, 0.3) is 10.9 Å². The monoisotopic (exact) mass is 189 g/mol. The van der Waals surface area contributed by atoms with Crippen LogP contribution in [-0.2, 0) is 13.6 Å². The van der Waals surface area contributed by atoms with Crippen molar-refractivity contribution in [2.24, 2.45) is 12.8 Å². The van der Waals surface area contributed by atoms with Crippen LogP contribution in [0.3, 0.4) is 0 Å². The van der Waals surface area contributed by atoms with E-state index in [9.17, 15) is 0 Å². The van der Waals surface area contributed by atoms with E-state index < -0.39 is 0 Å². The van der Waals surface area contributed by atoms with Crippen LogP contribution in [0, 0.1) is 13.8 Å². The zero-order chi connectivity index (χ0) is 10.3. The molecule has 0 fully saturated rings. The van der Waals surface area contributed by atoms with E-state index in [2.05, 4.69) is 24.2 Å². The van der Waals surface area contributed by atoms with Crippen molar-refractivity contribution in [3.63, 3.8) is 0 Å². The maximum Gasteiger partial charge on any atom is 0.0684 e. The molecule has 0 saturated carbocycles. The van der Waals surface area contributed by atoms with Gasteiger partial charge in [0.2, 0.25) is 0 Å². The van der Waals surface area contributed by atoms with Gasteiger partial charge in [-0.05, 0) is 37.1 Å². The molecule has 0 saturated heterocycles. The fourth-order valence-electron chi connectivity index (χ4n) is 1.85. The third-order valence-corrected chi connectivity index (χ3v) is 2.71. The van der Waals surface area contributed by atoms with Crippen molar-refractivity contribution < 1.29 is 0 Å². The van der Waals surface area contributed by atoms with Gasteiger partial charge in [0, 0.05) is 19.0 Å². The molecule has 2 N–H and O–H groups in total. The third kappa shape index (κ3) is 1.21. The molecule has 1 aromatic heterocycles. The summed E-state index contributed by atoms with van der Waals surface area (Å²) in [5.41, 5.74) is 10.4. The second-order valence-electron chi connectivity index (χ2n) is 3.71. The number of nitrogens with zero attached hydrogens (tertiary/aromatic N) is 2. The van der Waals surface area contributed by atoms with Crippen LogP contribution in [0.2, 0.25) is 0 Å². The zero-order valence-corrected chi connectivity index (χ0v) is 8.83. The predicted molar refractivity (Wildman–Crippen MR) is 58.1 cm³/mol. The molecule has 0 aliphatic rings. The van der Waals surface area contributed by atoms with Crippen molar-refractivity contribution in [3.8, 4) is 0 Å². The van der Waals surface area contributed by atoms with Crippen molar-refractivity contribution >= 4 is 10.9 Å². The summed E-state index contributed by atoms with van der Waals surface area (Å²) < 4.78 is 1.91. The lowest BCUT2D eigenvalue weighted by atomic mass is 10.1. The molecule has 3 nitrogen and oxygen atoms in total. The normalized spacial score (nSPS) is 11.1. The van der Waals surface area contributed by atoms with Gasteiger partial charge in [-0.3, -0.25) is 4.68 Å². The van der Waals surface area contributed by atoms with Crippen molar-refractivity contribution in [2.45, 2.75) is 20.4 Å². The number of hydrogen-bond acceptors (Lipinski definition) is 2. The molecule has 2 aromatic rings. The lowest BCUT2D eigenvalue weighted by Crippen LogP contribution is -1.99. The Morgan fingerprint density at radius 1 is 1.36 bits per heavy atom. The predicted octanol–water partition coefficient (Wildman–Crippen LogP) is 1.65. The number of rotatable bonds is 1.